The summed E-state index contributed by atoms with van der Waals surface area (Å²) in [7, 11) is -2.13. The molecule has 1 aromatic rings. The molecule has 2 aliphatic rings. The molecule has 3 rings (SSSR count). The van der Waals surface area contributed by atoms with Gasteiger partial charge in [0.15, 0.2) is 11.6 Å². The molecule has 0 atom stereocenters. The summed E-state index contributed by atoms with van der Waals surface area (Å²) in [4.78, 5) is 0. The Morgan fingerprint density at radius 3 is 1.78 bits per heavy atom. The minimum atomic E-state index is -1.14. The van der Waals surface area contributed by atoms with E-state index in [1.54, 1.807) is 0 Å². The first kappa shape index (κ1) is 16.7. The summed E-state index contributed by atoms with van der Waals surface area (Å²) in [6, 6.07) is 0. The van der Waals surface area contributed by atoms with Crippen molar-refractivity contribution in [2.24, 2.45) is 0 Å². The molecule has 0 saturated carbocycles. The quantitative estimate of drug-likeness (QED) is 0.501. The highest BCUT2D eigenvalue weighted by molar-refractivity contribution is 7.44. The van der Waals surface area contributed by atoms with Crippen LogP contribution in [0.4, 0.5) is 20.2 Å². The highest BCUT2D eigenvalue weighted by Crippen LogP contribution is 2.19. The lowest BCUT2D eigenvalue weighted by Crippen LogP contribution is -2.65. The third kappa shape index (κ3) is 3.11. The van der Waals surface area contributed by atoms with Gasteiger partial charge in [-0.3, -0.25) is 0 Å². The van der Waals surface area contributed by atoms with Gasteiger partial charge in [0.1, 0.15) is 5.69 Å². The Labute approximate surface area is 138 Å². The van der Waals surface area contributed by atoms with Gasteiger partial charge in [0.05, 0.1) is 10.9 Å². The van der Waals surface area contributed by atoms with Crippen molar-refractivity contribution in [2.45, 2.75) is 12.8 Å². The van der Waals surface area contributed by atoms with Crippen LogP contribution in [0.15, 0.2) is 0 Å². The van der Waals surface area contributed by atoms with Crippen LogP contribution in [0, 0.1) is 11.6 Å². The summed E-state index contributed by atoms with van der Waals surface area (Å²) >= 11 is 4.81. The van der Waals surface area contributed by atoms with E-state index in [2.05, 4.69) is 4.36 Å². The molecule has 0 bridgehead atoms. The number of halogens is 2. The van der Waals surface area contributed by atoms with Crippen LogP contribution in [0.2, 0.25) is 0 Å². The van der Waals surface area contributed by atoms with Crippen molar-refractivity contribution >= 4 is 49.0 Å². The van der Waals surface area contributed by atoms with E-state index in [1.165, 1.54) is 0 Å². The second-order valence-corrected chi connectivity index (χ2v) is 5.40. The summed E-state index contributed by atoms with van der Waals surface area (Å²) in [5, 5.41) is 0. The zero-order chi connectivity index (χ0) is 16.4. The molecule has 2 saturated heterocycles. The van der Waals surface area contributed by atoms with Crippen LogP contribution in [0.5, 0.6) is 0 Å². The van der Waals surface area contributed by atoms with Crippen LogP contribution in [0.25, 0.3) is 0 Å². The first-order chi connectivity index (χ1) is 11.1. The minimum absolute atomic E-state index is 0.0403. The summed E-state index contributed by atoms with van der Waals surface area (Å²) in [6.07, 6.45) is 1.35. The Morgan fingerprint density at radius 1 is 0.870 bits per heavy atom. The van der Waals surface area contributed by atoms with Gasteiger partial charge in [0.2, 0.25) is 5.69 Å². The van der Waals surface area contributed by atoms with Crippen molar-refractivity contribution < 1.29 is 31.8 Å². The smallest absolute Gasteiger partial charge is 0.407 e. The van der Waals surface area contributed by atoms with E-state index in [-0.39, 0.29) is 22.3 Å². The predicted molar refractivity (Wildman–Crippen MR) is 82.6 cm³/mol. The summed E-state index contributed by atoms with van der Waals surface area (Å²) in [5.74, 6) is -2.28. The van der Waals surface area contributed by atoms with Gasteiger partial charge in [-0.1, -0.05) is 0 Å². The van der Waals surface area contributed by atoms with Crippen LogP contribution in [-0.2, 0) is 31.0 Å². The predicted octanol–water partition coefficient (Wildman–Crippen LogP) is -1.75. The van der Waals surface area contributed by atoms with Gasteiger partial charge in [0, 0.05) is 26.4 Å². The third-order valence-corrected chi connectivity index (χ3v) is 3.93. The topological polar surface area (TPSA) is 76.9 Å². The lowest BCUT2D eigenvalue weighted by molar-refractivity contribution is -0.313. The van der Waals surface area contributed by atoms with E-state index in [0.29, 0.717) is 39.3 Å². The number of hydrogen-bond donors (Lipinski definition) is 2. The molecule has 0 unspecified atom stereocenters. The van der Waals surface area contributed by atoms with Gasteiger partial charge in [-0.25, -0.2) is 8.78 Å². The van der Waals surface area contributed by atoms with Crippen LogP contribution in [0.1, 0.15) is 12.8 Å². The Balaban J connectivity index is 2.09. The minimum Gasteiger partial charge on any atom is -0.407 e. The van der Waals surface area contributed by atoms with Gasteiger partial charge in [-0.05, 0) is 12.8 Å². The Morgan fingerprint density at radius 2 is 1.30 bits per heavy atom. The maximum absolute atomic E-state index is 14.6. The Kier molecular flexibility index (Phi) is 5.22. The van der Waals surface area contributed by atoms with E-state index < -0.39 is 25.9 Å². The summed E-state index contributed by atoms with van der Waals surface area (Å²) in [6.45, 7) is 1.50. The highest BCUT2D eigenvalue weighted by atomic mass is 32.1. The molecule has 11 heteroatoms. The molecule has 0 aromatic heterocycles. The number of nitrogens with two attached hydrogens (primary N) is 1. The second kappa shape index (κ2) is 7.18. The van der Waals surface area contributed by atoms with Crippen LogP contribution >= 0.6 is 0 Å². The van der Waals surface area contributed by atoms with E-state index in [4.69, 9.17) is 36.8 Å². The van der Waals surface area contributed by atoms with Gasteiger partial charge in [0.25, 0.3) is 12.4 Å². The van der Waals surface area contributed by atoms with Crippen molar-refractivity contribution in [1.82, 2.24) is 0 Å². The molecular formula is C12H15B2F2N2O4S+. The van der Waals surface area contributed by atoms with Gasteiger partial charge in [-0.2, -0.15) is 0 Å². The highest BCUT2D eigenvalue weighted by Gasteiger charge is 2.42. The molecule has 122 valence electrons. The molecule has 2 fully saturated rings. The number of benzene rings is 1. The largest absolute Gasteiger partial charge is 0.504 e. The fourth-order valence-electron chi connectivity index (χ4n) is 2.61. The van der Waals surface area contributed by atoms with Gasteiger partial charge >= 0.3 is 14.2 Å². The maximum atomic E-state index is 14.6. The average Bonchev–Trinajstić information content (AvgIpc) is 2.59. The summed E-state index contributed by atoms with van der Waals surface area (Å²) in [5.41, 5.74) is 5.59. The lowest BCUT2D eigenvalue weighted by atomic mass is 9.70. The van der Waals surface area contributed by atoms with Gasteiger partial charge < -0.3 is 24.4 Å². The molecule has 2 heterocycles. The van der Waals surface area contributed by atoms with Crippen LogP contribution in [-0.4, -0.2) is 40.7 Å². The van der Waals surface area contributed by atoms with Crippen molar-refractivity contribution in [1.29, 1.82) is 0 Å². The normalized spacial score (nSPS) is 19.0. The second-order valence-electron chi connectivity index (χ2n) is 5.20. The molecule has 0 aliphatic carbocycles. The zero-order valence-corrected chi connectivity index (χ0v) is 13.1. The maximum Gasteiger partial charge on any atom is 0.504 e. The molecular weight excluding hydrogens is 328 g/mol. The molecule has 6 nitrogen and oxygen atoms in total. The van der Waals surface area contributed by atoms with Crippen molar-refractivity contribution in [3.8, 4) is 0 Å². The Bertz CT molecular complexity index is 613. The average molecular weight is 343 g/mol. The fourth-order valence-corrected chi connectivity index (χ4v) is 2.83. The van der Waals surface area contributed by atoms with Crippen molar-refractivity contribution in [2.75, 3.05) is 32.2 Å². The van der Waals surface area contributed by atoms with E-state index in [1.807, 2.05) is 0 Å². The lowest BCUT2D eigenvalue weighted by Gasteiger charge is -2.24. The van der Waals surface area contributed by atoms with E-state index >= 15 is 0 Å². The molecule has 2 aliphatic heterocycles. The molecule has 3 N–H and O–H groups in total. The molecule has 23 heavy (non-hydrogen) atoms. The number of anilines is 1. The molecule has 0 radical (unpaired) electrons. The number of rotatable bonds is 3. The standard InChI is InChI=1S/C12H14B2F2N2O4S/c15-9-7(13-19-3-1-4-20-13)11(17)12(18-23)8(10(9)16)14-21-5-2-6-22-14/h1-6,17H2/p+1. The number of hydrogen-bond acceptors (Lipinski definition) is 6. The summed E-state index contributed by atoms with van der Waals surface area (Å²) < 4.78 is 53.0. The first-order valence-corrected chi connectivity index (χ1v) is 7.70. The van der Waals surface area contributed by atoms with Crippen molar-refractivity contribution in [3.05, 3.63) is 11.6 Å². The third-order valence-electron chi connectivity index (χ3n) is 3.72. The van der Waals surface area contributed by atoms with Gasteiger partial charge in [-0.15, -0.1) is 4.36 Å². The van der Waals surface area contributed by atoms with E-state index in [9.17, 15) is 8.78 Å². The molecule has 0 spiro atoms. The van der Waals surface area contributed by atoms with E-state index in [0.717, 1.165) is 0 Å². The SMILES string of the molecule is Nc1c([NH+]=S)c(B2OCCCO2)c(F)c(F)c1B1OCCCO1. The Hall–Kier alpha value is -1.13. The first-order valence-electron chi connectivity index (χ1n) is 7.30. The molecule has 0 amide bonds. The number of nitrogens with one attached hydrogen (secondary N) is 1. The van der Waals surface area contributed by atoms with Crippen molar-refractivity contribution in [3.63, 3.8) is 0 Å². The molecule has 1 aromatic carbocycles. The number of nitrogen functional groups attached to an aromatic ring is 1. The van der Waals surface area contributed by atoms with Crippen LogP contribution in [0.3, 0.4) is 0 Å². The monoisotopic (exact) mass is 343 g/mol. The zero-order valence-electron chi connectivity index (χ0n) is 12.3. The fraction of sp³-hybridized carbons (Fsp3) is 0.500. The van der Waals surface area contributed by atoms with Crippen LogP contribution < -0.4 is 21.0 Å².